The Morgan fingerprint density at radius 3 is 2.62 bits per heavy atom. The zero-order valence-corrected chi connectivity index (χ0v) is 17.4. The number of fused-ring (bicyclic) bond motifs is 1. The van der Waals surface area contributed by atoms with Crippen LogP contribution in [0.3, 0.4) is 0 Å². The maximum absolute atomic E-state index is 13.1. The zero-order chi connectivity index (χ0) is 22.3. The number of rotatable bonds is 8. The quantitative estimate of drug-likeness (QED) is 0.302. The average Bonchev–Trinajstić information content (AvgIpc) is 3.24. The fraction of sp³-hybridized carbons (Fsp3) is 0.120. The van der Waals surface area contributed by atoms with Crippen LogP contribution in [-0.2, 0) is 6.61 Å². The highest BCUT2D eigenvalue weighted by Gasteiger charge is 2.11. The Balaban J connectivity index is 1.41. The molecule has 162 valence electrons. The molecule has 0 unspecified atom stereocenters. The van der Waals surface area contributed by atoms with E-state index in [2.05, 4.69) is 10.5 Å². The second-order valence-corrected chi connectivity index (χ2v) is 6.90. The van der Waals surface area contributed by atoms with Gasteiger partial charge in [0.2, 0.25) is 0 Å². The molecular formula is C25H21FN2O4. The smallest absolute Gasteiger partial charge is 0.307 e. The van der Waals surface area contributed by atoms with Crippen LogP contribution in [0.4, 0.5) is 4.39 Å². The number of hydrazone groups is 1. The monoisotopic (exact) mass is 432 g/mol. The van der Waals surface area contributed by atoms with E-state index in [0.29, 0.717) is 29.3 Å². The highest BCUT2D eigenvalue weighted by Crippen LogP contribution is 2.29. The molecule has 0 aliphatic rings. The number of benzene rings is 3. The Morgan fingerprint density at radius 2 is 1.84 bits per heavy atom. The van der Waals surface area contributed by atoms with Gasteiger partial charge in [0.25, 0.3) is 0 Å². The lowest BCUT2D eigenvalue weighted by molar-refractivity contribution is 0.0929. The molecule has 1 N–H and O–H groups in total. The molecule has 4 aromatic rings. The van der Waals surface area contributed by atoms with E-state index in [-0.39, 0.29) is 18.2 Å². The standard InChI is InChI=1S/C25H21FN2O4/c1-2-30-23-13-18(9-12-22(23)31-16-17-7-10-20(26)11-8-17)15-27-28-25(29)24-14-19-5-3-4-6-21(19)32-24/h3-15H,2,16H2,1H3,(H,28,29)/b27-15+. The van der Waals surface area contributed by atoms with E-state index in [4.69, 9.17) is 13.9 Å². The largest absolute Gasteiger partial charge is 0.490 e. The van der Waals surface area contributed by atoms with E-state index in [1.54, 1.807) is 42.5 Å². The highest BCUT2D eigenvalue weighted by atomic mass is 19.1. The van der Waals surface area contributed by atoms with Crippen molar-refractivity contribution in [2.75, 3.05) is 6.61 Å². The molecule has 0 aliphatic carbocycles. The van der Waals surface area contributed by atoms with Crippen molar-refractivity contribution in [3.8, 4) is 11.5 Å². The first-order valence-electron chi connectivity index (χ1n) is 10.1. The Hall–Kier alpha value is -4.13. The molecule has 0 aliphatic heterocycles. The van der Waals surface area contributed by atoms with E-state index in [0.717, 1.165) is 10.9 Å². The summed E-state index contributed by atoms with van der Waals surface area (Å²) in [6.07, 6.45) is 1.51. The predicted octanol–water partition coefficient (Wildman–Crippen LogP) is 5.31. The third-order valence-corrected chi connectivity index (χ3v) is 4.60. The summed E-state index contributed by atoms with van der Waals surface area (Å²) in [5.74, 6) is 0.547. The van der Waals surface area contributed by atoms with Gasteiger partial charge >= 0.3 is 5.91 Å². The summed E-state index contributed by atoms with van der Waals surface area (Å²) in [4.78, 5) is 12.3. The van der Waals surface area contributed by atoms with Crippen LogP contribution in [0.1, 0.15) is 28.6 Å². The molecule has 1 amide bonds. The number of nitrogens with one attached hydrogen (secondary N) is 1. The van der Waals surface area contributed by atoms with Crippen LogP contribution in [0.2, 0.25) is 0 Å². The van der Waals surface area contributed by atoms with Gasteiger partial charge in [0.05, 0.1) is 12.8 Å². The lowest BCUT2D eigenvalue weighted by Gasteiger charge is -2.12. The van der Waals surface area contributed by atoms with Gasteiger partial charge in [-0.05, 0) is 60.5 Å². The summed E-state index contributed by atoms with van der Waals surface area (Å²) in [6, 6.07) is 20.5. The van der Waals surface area contributed by atoms with Crippen LogP contribution in [0.15, 0.2) is 82.3 Å². The fourth-order valence-electron chi connectivity index (χ4n) is 3.05. The van der Waals surface area contributed by atoms with E-state index in [1.807, 2.05) is 25.1 Å². The minimum absolute atomic E-state index is 0.183. The van der Waals surface area contributed by atoms with Crippen LogP contribution in [0.25, 0.3) is 11.0 Å². The molecule has 0 bridgehead atoms. The topological polar surface area (TPSA) is 73.1 Å². The Morgan fingerprint density at radius 1 is 1.03 bits per heavy atom. The van der Waals surface area contributed by atoms with Crippen molar-refractivity contribution in [1.82, 2.24) is 5.43 Å². The fourth-order valence-corrected chi connectivity index (χ4v) is 3.05. The molecular weight excluding hydrogens is 411 g/mol. The zero-order valence-electron chi connectivity index (χ0n) is 17.4. The van der Waals surface area contributed by atoms with Crippen LogP contribution in [-0.4, -0.2) is 18.7 Å². The summed E-state index contributed by atoms with van der Waals surface area (Å²) in [7, 11) is 0. The van der Waals surface area contributed by atoms with Crippen molar-refractivity contribution in [2.24, 2.45) is 5.10 Å². The number of halogens is 1. The van der Waals surface area contributed by atoms with Crippen molar-refractivity contribution < 1.29 is 23.1 Å². The minimum atomic E-state index is -0.443. The second-order valence-electron chi connectivity index (χ2n) is 6.90. The van der Waals surface area contributed by atoms with Gasteiger partial charge in [0, 0.05) is 5.39 Å². The number of amides is 1. The highest BCUT2D eigenvalue weighted by molar-refractivity contribution is 5.96. The molecule has 4 rings (SSSR count). The normalized spacial score (nSPS) is 11.1. The number of hydrogen-bond donors (Lipinski definition) is 1. The summed E-state index contributed by atoms with van der Waals surface area (Å²) in [5, 5.41) is 4.85. The average molecular weight is 432 g/mol. The third-order valence-electron chi connectivity index (χ3n) is 4.60. The van der Waals surface area contributed by atoms with Crippen LogP contribution in [0, 0.1) is 5.82 Å². The molecule has 0 saturated heterocycles. The van der Waals surface area contributed by atoms with E-state index < -0.39 is 5.91 Å². The molecule has 6 nitrogen and oxygen atoms in total. The Labute approximate surface area is 184 Å². The van der Waals surface area contributed by atoms with Gasteiger partial charge in [0.1, 0.15) is 18.0 Å². The van der Waals surface area contributed by atoms with Crippen molar-refractivity contribution in [3.05, 3.63) is 95.5 Å². The summed E-state index contributed by atoms with van der Waals surface area (Å²) < 4.78 is 30.1. The van der Waals surface area contributed by atoms with Gasteiger partial charge < -0.3 is 13.9 Å². The lowest BCUT2D eigenvalue weighted by Crippen LogP contribution is -2.16. The van der Waals surface area contributed by atoms with Crippen LogP contribution < -0.4 is 14.9 Å². The number of nitrogens with zero attached hydrogens (tertiary/aromatic N) is 1. The van der Waals surface area contributed by atoms with Crippen LogP contribution in [0.5, 0.6) is 11.5 Å². The molecule has 0 radical (unpaired) electrons. The summed E-state index contributed by atoms with van der Waals surface area (Å²) in [6.45, 7) is 2.61. The van der Waals surface area contributed by atoms with Gasteiger partial charge in [-0.15, -0.1) is 0 Å². The Bertz CT molecular complexity index is 1220. The van der Waals surface area contributed by atoms with Crippen molar-refractivity contribution in [1.29, 1.82) is 0 Å². The SMILES string of the molecule is CCOc1cc(/C=N/NC(=O)c2cc3ccccc3o2)ccc1OCc1ccc(F)cc1. The molecule has 0 saturated carbocycles. The van der Waals surface area contributed by atoms with Crippen molar-refractivity contribution in [3.63, 3.8) is 0 Å². The number of carbonyl (C=O) groups excluding carboxylic acids is 1. The molecule has 3 aromatic carbocycles. The molecule has 0 atom stereocenters. The number of ether oxygens (including phenoxy) is 2. The van der Waals surface area contributed by atoms with E-state index in [9.17, 15) is 9.18 Å². The predicted molar refractivity (Wildman–Crippen MR) is 120 cm³/mol. The summed E-state index contributed by atoms with van der Waals surface area (Å²) in [5.41, 5.74) is 4.65. The van der Waals surface area contributed by atoms with Gasteiger partial charge in [-0.25, -0.2) is 9.82 Å². The molecule has 1 heterocycles. The van der Waals surface area contributed by atoms with Gasteiger partial charge in [-0.1, -0.05) is 30.3 Å². The molecule has 0 spiro atoms. The minimum Gasteiger partial charge on any atom is -0.490 e. The number of para-hydroxylation sites is 1. The number of carbonyl (C=O) groups is 1. The number of hydrogen-bond acceptors (Lipinski definition) is 5. The van der Waals surface area contributed by atoms with Gasteiger partial charge in [0.15, 0.2) is 17.3 Å². The first-order valence-corrected chi connectivity index (χ1v) is 10.1. The van der Waals surface area contributed by atoms with E-state index >= 15 is 0 Å². The second kappa shape index (κ2) is 9.78. The molecule has 7 heteroatoms. The molecule has 0 fully saturated rings. The van der Waals surface area contributed by atoms with Crippen LogP contribution >= 0.6 is 0 Å². The maximum Gasteiger partial charge on any atom is 0.307 e. The maximum atomic E-state index is 13.1. The molecule has 32 heavy (non-hydrogen) atoms. The first-order chi connectivity index (χ1) is 15.6. The van der Waals surface area contributed by atoms with Crippen molar-refractivity contribution >= 4 is 23.1 Å². The first kappa shape index (κ1) is 21.1. The third kappa shape index (κ3) is 5.13. The number of furan rings is 1. The van der Waals surface area contributed by atoms with Gasteiger partial charge in [-0.2, -0.15) is 5.10 Å². The lowest BCUT2D eigenvalue weighted by atomic mass is 10.2. The summed E-state index contributed by atoms with van der Waals surface area (Å²) >= 11 is 0. The Kier molecular flexibility index (Phi) is 6.46. The van der Waals surface area contributed by atoms with Gasteiger partial charge in [-0.3, -0.25) is 4.79 Å². The van der Waals surface area contributed by atoms with Crippen molar-refractivity contribution in [2.45, 2.75) is 13.5 Å². The molecule has 1 aromatic heterocycles. The van der Waals surface area contributed by atoms with E-state index in [1.165, 1.54) is 18.3 Å².